The van der Waals surface area contributed by atoms with Crippen molar-refractivity contribution in [3.05, 3.63) is 29.3 Å². The highest BCUT2D eigenvalue weighted by molar-refractivity contribution is 6.50. The molecule has 1 aromatic rings. The van der Waals surface area contributed by atoms with Crippen LogP contribution < -0.4 is 4.74 Å². The maximum atomic E-state index is 10.8. The van der Waals surface area contributed by atoms with Gasteiger partial charge >= 0.3 is 0 Å². The van der Waals surface area contributed by atoms with Gasteiger partial charge in [-0.25, -0.2) is 0 Å². The Bertz CT molecular complexity index is 437. The molecule has 0 bridgehead atoms. The number of hydrogen-bond acceptors (Lipinski definition) is 3. The fourth-order valence-electron chi connectivity index (χ4n) is 1.48. The summed E-state index contributed by atoms with van der Waals surface area (Å²) in [6.07, 6.45) is 1.23. The Hall–Kier alpha value is -1.48. The third-order valence-corrected chi connectivity index (χ3v) is 2.70. The second-order valence-electron chi connectivity index (χ2n) is 3.24. The summed E-state index contributed by atoms with van der Waals surface area (Å²) in [5.74, 6) is 0.629. The van der Waals surface area contributed by atoms with Gasteiger partial charge in [-0.3, -0.25) is 4.79 Å². The van der Waals surface area contributed by atoms with Crippen molar-refractivity contribution in [3.8, 4) is 11.5 Å². The van der Waals surface area contributed by atoms with Crippen molar-refractivity contribution in [1.82, 2.24) is 0 Å². The number of ether oxygens (including phenoxy) is 1. The zero-order valence-electron chi connectivity index (χ0n) is 7.87. The van der Waals surface area contributed by atoms with Crippen LogP contribution in [0.2, 0.25) is 0 Å². The average molecular weight is 225 g/mol. The first-order chi connectivity index (χ1) is 7.22. The zero-order chi connectivity index (χ0) is 10.8. The molecule has 0 saturated carbocycles. The summed E-state index contributed by atoms with van der Waals surface area (Å²) in [7, 11) is 0. The summed E-state index contributed by atoms with van der Waals surface area (Å²) in [6, 6.07) is 4.64. The van der Waals surface area contributed by atoms with Crippen molar-refractivity contribution in [2.24, 2.45) is 0 Å². The van der Waals surface area contributed by atoms with Crippen LogP contribution in [-0.2, 0) is 4.79 Å². The van der Waals surface area contributed by atoms with Crippen LogP contribution in [0.1, 0.15) is 12.0 Å². The number of fused-ring (bicyclic) bond motifs is 1. The van der Waals surface area contributed by atoms with Crippen LogP contribution in [0.4, 0.5) is 0 Å². The maximum absolute atomic E-state index is 10.8. The molecule has 1 heterocycles. The lowest BCUT2D eigenvalue weighted by molar-refractivity contribution is -0.105. The predicted molar refractivity (Wildman–Crippen MR) is 57.1 cm³/mol. The van der Waals surface area contributed by atoms with Crippen LogP contribution in [0.3, 0.4) is 0 Å². The van der Waals surface area contributed by atoms with Crippen LogP contribution in [0.15, 0.2) is 23.8 Å². The second-order valence-corrected chi connectivity index (χ2v) is 3.61. The first-order valence-corrected chi connectivity index (χ1v) is 4.90. The Morgan fingerprint density at radius 1 is 1.47 bits per heavy atom. The molecule has 0 radical (unpaired) electrons. The van der Waals surface area contributed by atoms with Gasteiger partial charge in [-0.1, -0.05) is 11.6 Å². The predicted octanol–water partition coefficient (Wildman–Crippen LogP) is 2.32. The van der Waals surface area contributed by atoms with E-state index in [2.05, 4.69) is 0 Å². The molecule has 0 saturated heterocycles. The van der Waals surface area contributed by atoms with Crippen molar-refractivity contribution in [2.45, 2.75) is 6.42 Å². The molecule has 1 N–H and O–H groups in total. The number of aromatic hydroxyl groups is 1. The van der Waals surface area contributed by atoms with Gasteiger partial charge in [0.1, 0.15) is 17.8 Å². The first kappa shape index (κ1) is 10.1. The summed E-state index contributed by atoms with van der Waals surface area (Å²) in [4.78, 5) is 10.8. The van der Waals surface area contributed by atoms with Crippen LogP contribution in [0.25, 0.3) is 5.03 Å². The van der Waals surface area contributed by atoms with Crippen LogP contribution in [0, 0.1) is 0 Å². The Morgan fingerprint density at radius 3 is 3.00 bits per heavy atom. The minimum Gasteiger partial charge on any atom is -0.508 e. The molecule has 1 aromatic carbocycles. The van der Waals surface area contributed by atoms with Gasteiger partial charge in [0, 0.05) is 23.6 Å². The van der Waals surface area contributed by atoms with Crippen molar-refractivity contribution in [3.63, 3.8) is 0 Å². The molecule has 3 nitrogen and oxygen atoms in total. The van der Waals surface area contributed by atoms with Gasteiger partial charge in [0.25, 0.3) is 0 Å². The number of carbonyl (C=O) groups excluding carboxylic acids is 1. The van der Waals surface area contributed by atoms with E-state index in [-0.39, 0.29) is 5.75 Å². The van der Waals surface area contributed by atoms with Gasteiger partial charge in [0.05, 0.1) is 11.6 Å². The van der Waals surface area contributed by atoms with Crippen molar-refractivity contribution in [1.29, 1.82) is 0 Å². The smallest absolute Gasteiger partial charge is 0.147 e. The molecule has 2 rings (SSSR count). The number of carbonyl (C=O) groups is 1. The third kappa shape index (κ3) is 1.83. The summed E-state index contributed by atoms with van der Waals surface area (Å²) >= 11 is 6.06. The highest BCUT2D eigenvalue weighted by Crippen LogP contribution is 2.36. The second kappa shape index (κ2) is 3.95. The molecule has 0 atom stereocenters. The summed E-state index contributed by atoms with van der Waals surface area (Å²) < 4.78 is 5.39. The molecule has 0 aliphatic carbocycles. The molecule has 0 amide bonds. The number of phenolic OH excluding ortho intramolecular Hbond substituents is 1. The molecular weight excluding hydrogens is 216 g/mol. The number of rotatable bonds is 1. The van der Waals surface area contributed by atoms with Crippen LogP contribution >= 0.6 is 11.6 Å². The molecule has 0 aromatic heterocycles. The van der Waals surface area contributed by atoms with Crippen molar-refractivity contribution < 1.29 is 14.6 Å². The molecule has 78 valence electrons. The van der Waals surface area contributed by atoms with Gasteiger partial charge in [0.15, 0.2) is 0 Å². The van der Waals surface area contributed by atoms with E-state index < -0.39 is 0 Å². The molecule has 4 heteroatoms. The highest BCUT2D eigenvalue weighted by Gasteiger charge is 2.16. The third-order valence-electron chi connectivity index (χ3n) is 2.25. The Balaban J connectivity index is 2.58. The fraction of sp³-hybridized carbons (Fsp3) is 0.182. The lowest BCUT2D eigenvalue weighted by atomic mass is 10.1. The van der Waals surface area contributed by atoms with E-state index in [0.29, 0.717) is 34.9 Å². The Morgan fingerprint density at radius 2 is 2.27 bits per heavy atom. The monoisotopic (exact) mass is 224 g/mol. The maximum Gasteiger partial charge on any atom is 0.147 e. The van der Waals surface area contributed by atoms with E-state index in [1.54, 1.807) is 6.07 Å². The summed E-state index contributed by atoms with van der Waals surface area (Å²) in [5.41, 5.74) is 1.18. The van der Waals surface area contributed by atoms with Crippen LogP contribution in [-0.4, -0.2) is 18.0 Å². The number of hydrogen-bond donors (Lipinski definition) is 1. The minimum atomic E-state index is 0.118. The van der Waals surface area contributed by atoms with Gasteiger partial charge in [-0.05, 0) is 12.1 Å². The zero-order valence-corrected chi connectivity index (χ0v) is 8.62. The largest absolute Gasteiger partial charge is 0.508 e. The molecule has 1 aliphatic heterocycles. The molecular formula is C11H9ClO3. The number of halogens is 1. The van der Waals surface area contributed by atoms with Crippen LogP contribution in [0.5, 0.6) is 11.5 Å². The van der Waals surface area contributed by atoms with E-state index in [1.165, 1.54) is 12.1 Å². The molecule has 15 heavy (non-hydrogen) atoms. The quantitative estimate of drug-likeness (QED) is 0.745. The topological polar surface area (TPSA) is 46.5 Å². The molecule has 1 aliphatic rings. The Kier molecular flexibility index (Phi) is 2.64. The van der Waals surface area contributed by atoms with Gasteiger partial charge < -0.3 is 9.84 Å². The fourth-order valence-corrected chi connectivity index (χ4v) is 1.77. The lowest BCUT2D eigenvalue weighted by Gasteiger charge is -2.07. The standard InChI is InChI=1S/C11H9ClO3/c12-11-7(6-13)3-4-15-10-5-8(14)1-2-9(10)11/h1-2,5-6,14H,3-4H2. The van der Waals surface area contributed by atoms with E-state index in [4.69, 9.17) is 16.3 Å². The number of benzene rings is 1. The Labute approximate surface area is 91.9 Å². The van der Waals surface area contributed by atoms with Gasteiger partial charge in [-0.15, -0.1) is 0 Å². The number of aldehydes is 1. The van der Waals surface area contributed by atoms with E-state index in [9.17, 15) is 9.90 Å². The van der Waals surface area contributed by atoms with Gasteiger partial charge in [-0.2, -0.15) is 0 Å². The van der Waals surface area contributed by atoms with Crippen molar-refractivity contribution >= 4 is 22.9 Å². The van der Waals surface area contributed by atoms with E-state index in [1.807, 2.05) is 0 Å². The first-order valence-electron chi connectivity index (χ1n) is 4.52. The summed E-state index contributed by atoms with van der Waals surface area (Å²) in [5, 5.41) is 9.68. The van der Waals surface area contributed by atoms with Crippen molar-refractivity contribution in [2.75, 3.05) is 6.61 Å². The minimum absolute atomic E-state index is 0.118. The summed E-state index contributed by atoms with van der Waals surface area (Å²) in [6.45, 7) is 0.390. The molecule has 0 unspecified atom stereocenters. The van der Waals surface area contributed by atoms with E-state index in [0.717, 1.165) is 6.29 Å². The SMILES string of the molecule is O=CC1=C(Cl)c2ccc(O)cc2OCC1. The number of phenols is 1. The highest BCUT2D eigenvalue weighted by atomic mass is 35.5. The lowest BCUT2D eigenvalue weighted by Crippen LogP contribution is -1.97. The van der Waals surface area contributed by atoms with Gasteiger partial charge in [0.2, 0.25) is 0 Å². The molecule has 0 spiro atoms. The molecule has 0 fully saturated rings. The van der Waals surface area contributed by atoms with E-state index >= 15 is 0 Å². The normalized spacial score (nSPS) is 15.3. The average Bonchev–Trinajstić information content (AvgIpc) is 2.37.